The van der Waals surface area contributed by atoms with Crippen molar-refractivity contribution in [3.8, 4) is 11.5 Å². The van der Waals surface area contributed by atoms with Gasteiger partial charge in [-0.2, -0.15) is 0 Å². The molecular weight excluding hydrogens is 420 g/mol. The highest BCUT2D eigenvalue weighted by Crippen LogP contribution is 2.43. The Morgan fingerprint density at radius 1 is 1.30 bits per heavy atom. The van der Waals surface area contributed by atoms with E-state index < -0.39 is 0 Å². The van der Waals surface area contributed by atoms with Gasteiger partial charge in [0.2, 0.25) is 12.7 Å². The molecule has 5 nitrogen and oxygen atoms in total. The number of fused-ring (bicyclic) bond motifs is 1. The maximum Gasteiger partial charge on any atom is 0.236 e. The van der Waals surface area contributed by atoms with Crippen LogP contribution < -0.4 is 14.4 Å². The van der Waals surface area contributed by atoms with Gasteiger partial charge in [-0.3, -0.25) is 9.69 Å². The zero-order valence-electron chi connectivity index (χ0n) is 16.8. The first-order valence-corrected chi connectivity index (χ1v) is 11.6. The molecule has 2 atom stereocenters. The predicted octanol–water partition coefficient (Wildman–Crippen LogP) is 5.81. The third-order valence-electron chi connectivity index (χ3n) is 6.04. The lowest BCUT2D eigenvalue weighted by atomic mass is 9.89. The van der Waals surface area contributed by atoms with Gasteiger partial charge < -0.3 is 9.47 Å². The van der Waals surface area contributed by atoms with Gasteiger partial charge in [0.25, 0.3) is 0 Å². The average molecular weight is 443 g/mol. The Bertz CT molecular complexity index is 1050. The highest BCUT2D eigenvalue weighted by molar-refractivity contribution is 7.14. The van der Waals surface area contributed by atoms with Crippen LogP contribution in [0.1, 0.15) is 49.8 Å². The van der Waals surface area contributed by atoms with Crippen molar-refractivity contribution in [1.29, 1.82) is 0 Å². The Morgan fingerprint density at radius 2 is 2.13 bits per heavy atom. The van der Waals surface area contributed by atoms with Gasteiger partial charge in [0.05, 0.1) is 11.6 Å². The van der Waals surface area contributed by atoms with Gasteiger partial charge >= 0.3 is 0 Å². The number of rotatable bonds is 4. The van der Waals surface area contributed by atoms with Crippen molar-refractivity contribution < 1.29 is 14.3 Å². The van der Waals surface area contributed by atoms with Crippen LogP contribution in [0.3, 0.4) is 0 Å². The average Bonchev–Trinajstić information content (AvgIpc) is 3.43. The van der Waals surface area contributed by atoms with Crippen molar-refractivity contribution in [2.24, 2.45) is 5.92 Å². The molecular formula is C23H23ClN2O3S. The number of carbonyl (C=O) groups excluding carboxylic acids is 1. The van der Waals surface area contributed by atoms with Crippen LogP contribution in [0, 0.1) is 5.92 Å². The Kier molecular flexibility index (Phi) is 5.29. The lowest BCUT2D eigenvalue weighted by Gasteiger charge is -2.31. The van der Waals surface area contributed by atoms with E-state index in [-0.39, 0.29) is 18.6 Å². The molecule has 0 N–H and O–H groups in total. The molecule has 0 bridgehead atoms. The van der Waals surface area contributed by atoms with E-state index in [0.717, 1.165) is 47.6 Å². The Labute approximate surface area is 185 Å². The lowest BCUT2D eigenvalue weighted by molar-refractivity contribution is -0.121. The van der Waals surface area contributed by atoms with Crippen molar-refractivity contribution in [2.75, 3.05) is 18.2 Å². The summed E-state index contributed by atoms with van der Waals surface area (Å²) >= 11 is 8.02. The first-order chi connectivity index (χ1) is 14.6. The van der Waals surface area contributed by atoms with E-state index in [9.17, 15) is 4.79 Å². The van der Waals surface area contributed by atoms with Crippen LogP contribution >= 0.6 is 22.9 Å². The summed E-state index contributed by atoms with van der Waals surface area (Å²) in [5.74, 6) is 1.64. The topological polar surface area (TPSA) is 51.7 Å². The number of ether oxygens (including phenoxy) is 2. The first-order valence-electron chi connectivity index (χ1n) is 10.4. The normalized spacial score (nSPS) is 23.1. The molecule has 1 amide bonds. The fourth-order valence-corrected chi connectivity index (χ4v) is 5.38. The highest BCUT2D eigenvalue weighted by Gasteiger charge is 2.34. The maximum atomic E-state index is 13.4. The van der Waals surface area contributed by atoms with E-state index in [1.165, 1.54) is 11.3 Å². The number of benzene rings is 1. The second kappa shape index (κ2) is 8.08. The summed E-state index contributed by atoms with van der Waals surface area (Å²) in [6.07, 6.45) is 10.5. The molecule has 156 valence electrons. The standard InChI is InChI=1S/C23H23ClN2O3S/c1-2-14-5-7-15(8-6-14)19-12-30-23(25-19)26-9-3-4-16(22(26)27)17-10-20-21(11-18(17)24)29-13-28-20/h5,7-8,10-12,14,16H,2-4,6,9,13H2,1H3. The molecule has 7 heteroatoms. The fourth-order valence-electron chi connectivity index (χ4n) is 4.23. The van der Waals surface area contributed by atoms with Crippen molar-refractivity contribution in [3.63, 3.8) is 0 Å². The zero-order valence-corrected chi connectivity index (χ0v) is 18.3. The molecule has 1 saturated heterocycles. The number of allylic oxidation sites excluding steroid dienone is 4. The number of hydrogen-bond donors (Lipinski definition) is 0. The van der Waals surface area contributed by atoms with E-state index in [1.54, 1.807) is 6.07 Å². The van der Waals surface area contributed by atoms with Crippen molar-refractivity contribution in [3.05, 3.63) is 52.0 Å². The number of carbonyl (C=O) groups is 1. The van der Waals surface area contributed by atoms with E-state index in [0.29, 0.717) is 29.0 Å². The molecule has 30 heavy (non-hydrogen) atoms. The SMILES string of the molecule is CCC1C=CC(c2csc(N3CCCC(c4cc5c(cc4Cl)OCO5)C3=O)n2)=CC1. The van der Waals surface area contributed by atoms with Gasteiger partial charge in [-0.25, -0.2) is 4.98 Å². The highest BCUT2D eigenvalue weighted by atomic mass is 35.5. The number of aromatic nitrogens is 1. The number of hydrogen-bond acceptors (Lipinski definition) is 5. The van der Waals surface area contributed by atoms with Crippen molar-refractivity contribution >= 4 is 39.5 Å². The summed E-state index contributed by atoms with van der Waals surface area (Å²) in [6.45, 7) is 3.07. The van der Waals surface area contributed by atoms with Crippen LogP contribution in [0.5, 0.6) is 11.5 Å². The molecule has 1 fully saturated rings. The fraction of sp³-hybridized carbons (Fsp3) is 0.391. The third-order valence-corrected chi connectivity index (χ3v) is 7.23. The van der Waals surface area contributed by atoms with E-state index >= 15 is 0 Å². The van der Waals surface area contributed by atoms with E-state index in [4.69, 9.17) is 26.1 Å². The predicted molar refractivity (Wildman–Crippen MR) is 120 cm³/mol. The monoisotopic (exact) mass is 442 g/mol. The summed E-state index contributed by atoms with van der Waals surface area (Å²) in [5.41, 5.74) is 2.88. The van der Waals surface area contributed by atoms with Crippen LogP contribution in [0.25, 0.3) is 5.57 Å². The Morgan fingerprint density at radius 3 is 2.90 bits per heavy atom. The number of nitrogens with zero attached hydrogens (tertiary/aromatic N) is 2. The summed E-state index contributed by atoms with van der Waals surface area (Å²) in [5, 5.41) is 3.34. The Hall–Kier alpha value is -2.31. The number of amides is 1. The van der Waals surface area contributed by atoms with Crippen molar-refractivity contribution in [2.45, 2.75) is 38.5 Å². The van der Waals surface area contributed by atoms with Crippen LogP contribution in [0.15, 0.2) is 35.7 Å². The minimum absolute atomic E-state index is 0.0436. The van der Waals surface area contributed by atoms with Gasteiger partial charge in [0.15, 0.2) is 16.6 Å². The summed E-state index contributed by atoms with van der Waals surface area (Å²) in [6, 6.07) is 3.60. The molecule has 0 radical (unpaired) electrons. The number of halogens is 1. The summed E-state index contributed by atoms with van der Waals surface area (Å²) in [7, 11) is 0. The van der Waals surface area contributed by atoms with Crippen LogP contribution in [0.2, 0.25) is 5.02 Å². The molecule has 5 rings (SSSR count). The van der Waals surface area contributed by atoms with Gasteiger partial charge in [-0.1, -0.05) is 36.8 Å². The first kappa shape index (κ1) is 19.6. The third kappa shape index (κ3) is 3.52. The van der Waals surface area contributed by atoms with Crippen LogP contribution in [-0.2, 0) is 4.79 Å². The maximum absolute atomic E-state index is 13.4. The molecule has 0 saturated carbocycles. The number of anilines is 1. The molecule has 2 unspecified atom stereocenters. The summed E-state index contributed by atoms with van der Waals surface area (Å²) < 4.78 is 10.9. The number of thiazole rings is 1. The zero-order chi connectivity index (χ0) is 20.7. The molecule has 3 heterocycles. The molecule has 3 aliphatic rings. The van der Waals surface area contributed by atoms with Gasteiger partial charge in [-0.05, 0) is 48.8 Å². The van der Waals surface area contributed by atoms with Gasteiger partial charge in [-0.15, -0.1) is 11.3 Å². The largest absolute Gasteiger partial charge is 0.454 e. The van der Waals surface area contributed by atoms with Crippen molar-refractivity contribution in [1.82, 2.24) is 4.98 Å². The minimum Gasteiger partial charge on any atom is -0.454 e. The van der Waals surface area contributed by atoms with E-state index in [1.807, 2.05) is 16.3 Å². The molecule has 1 aromatic heterocycles. The van der Waals surface area contributed by atoms with Crippen LogP contribution in [0.4, 0.5) is 5.13 Å². The lowest BCUT2D eigenvalue weighted by Crippen LogP contribution is -2.40. The second-order valence-corrected chi connectivity index (χ2v) is 9.09. The molecule has 2 aromatic rings. The molecule has 1 aromatic carbocycles. The molecule has 0 spiro atoms. The quantitative estimate of drug-likeness (QED) is 0.600. The smallest absolute Gasteiger partial charge is 0.236 e. The minimum atomic E-state index is -0.299. The summed E-state index contributed by atoms with van der Waals surface area (Å²) in [4.78, 5) is 20.0. The van der Waals surface area contributed by atoms with Crippen LogP contribution in [-0.4, -0.2) is 24.2 Å². The second-order valence-electron chi connectivity index (χ2n) is 7.85. The molecule has 2 aliphatic heterocycles. The van der Waals surface area contributed by atoms with Gasteiger partial charge in [0.1, 0.15) is 0 Å². The van der Waals surface area contributed by atoms with E-state index in [2.05, 4.69) is 25.2 Å². The molecule has 1 aliphatic carbocycles. The van der Waals surface area contributed by atoms with Gasteiger partial charge in [0, 0.05) is 23.0 Å². The Balaban J connectivity index is 1.38. The number of piperidine rings is 1.